The van der Waals surface area contributed by atoms with Crippen LogP contribution in [0, 0.1) is 0 Å². The Kier molecular flexibility index (Phi) is 4.40. The number of nitrogens with two attached hydrogens (primary N) is 1. The maximum atomic E-state index is 12.9. The van der Waals surface area contributed by atoms with Gasteiger partial charge in [0.1, 0.15) is 5.82 Å². The van der Waals surface area contributed by atoms with E-state index in [0.717, 1.165) is 24.2 Å². The molecule has 3 aromatic rings. The lowest BCUT2D eigenvalue weighted by Crippen LogP contribution is -2.21. The SMILES string of the molecule is NC(=O)Cc1nc(C2CCn3nccc3C2)n(-c2ccc(C(F)(F)F)cc2)n1. The second kappa shape index (κ2) is 6.77. The van der Waals surface area contributed by atoms with Crippen LogP contribution >= 0.6 is 0 Å². The molecule has 1 aliphatic rings. The largest absolute Gasteiger partial charge is 0.416 e. The van der Waals surface area contributed by atoms with Gasteiger partial charge in [-0.3, -0.25) is 9.48 Å². The Labute approximate surface area is 158 Å². The van der Waals surface area contributed by atoms with E-state index in [1.807, 2.05) is 10.7 Å². The lowest BCUT2D eigenvalue weighted by atomic mass is 9.95. The number of carbonyl (C=O) groups excluding carboxylic acids is 1. The van der Waals surface area contributed by atoms with E-state index in [2.05, 4.69) is 15.2 Å². The van der Waals surface area contributed by atoms with Gasteiger partial charge in [0.05, 0.1) is 17.7 Å². The number of nitrogens with zero attached hydrogens (tertiary/aromatic N) is 5. The first-order chi connectivity index (χ1) is 13.3. The van der Waals surface area contributed by atoms with E-state index in [9.17, 15) is 18.0 Å². The summed E-state index contributed by atoms with van der Waals surface area (Å²) in [5, 5.41) is 8.58. The minimum Gasteiger partial charge on any atom is -0.369 e. The van der Waals surface area contributed by atoms with Crippen LogP contribution < -0.4 is 5.73 Å². The predicted octanol–water partition coefficient (Wildman–Crippen LogP) is 2.24. The minimum absolute atomic E-state index is 0.000573. The number of halogens is 3. The van der Waals surface area contributed by atoms with Crippen LogP contribution in [0.25, 0.3) is 5.69 Å². The molecule has 1 aromatic carbocycles. The van der Waals surface area contributed by atoms with Gasteiger partial charge < -0.3 is 5.73 Å². The van der Waals surface area contributed by atoms with Gasteiger partial charge in [0.2, 0.25) is 5.91 Å². The van der Waals surface area contributed by atoms with E-state index in [1.165, 1.54) is 16.8 Å². The highest BCUT2D eigenvalue weighted by Gasteiger charge is 2.31. The highest BCUT2D eigenvalue weighted by atomic mass is 19.4. The monoisotopic (exact) mass is 390 g/mol. The molecule has 3 heterocycles. The fourth-order valence-electron chi connectivity index (χ4n) is 3.43. The summed E-state index contributed by atoms with van der Waals surface area (Å²) < 4.78 is 42.0. The van der Waals surface area contributed by atoms with Crippen molar-refractivity contribution in [1.82, 2.24) is 24.5 Å². The highest BCUT2D eigenvalue weighted by Crippen LogP contribution is 2.32. The molecular formula is C18H17F3N6O. The molecule has 146 valence electrons. The fourth-order valence-corrected chi connectivity index (χ4v) is 3.43. The molecule has 1 unspecified atom stereocenters. The summed E-state index contributed by atoms with van der Waals surface area (Å²) in [6.07, 6.45) is -1.38. The Balaban J connectivity index is 1.72. The lowest BCUT2D eigenvalue weighted by molar-refractivity contribution is -0.137. The lowest BCUT2D eigenvalue weighted by Gasteiger charge is -2.23. The Morgan fingerprint density at radius 1 is 1.21 bits per heavy atom. The Bertz CT molecular complexity index is 1010. The third-order valence-electron chi connectivity index (χ3n) is 4.76. The number of aromatic nitrogens is 5. The second-order valence-corrected chi connectivity index (χ2v) is 6.72. The topological polar surface area (TPSA) is 91.6 Å². The van der Waals surface area contributed by atoms with Crippen molar-refractivity contribution in [1.29, 1.82) is 0 Å². The smallest absolute Gasteiger partial charge is 0.369 e. The van der Waals surface area contributed by atoms with E-state index in [-0.39, 0.29) is 18.2 Å². The van der Waals surface area contributed by atoms with E-state index in [1.54, 1.807) is 6.20 Å². The minimum atomic E-state index is -4.41. The standard InChI is InChI=1S/C18H17F3N6O/c19-18(20,21)12-1-3-13(4-2-12)27-17(24-16(25-27)10-15(22)28)11-6-8-26-14(9-11)5-7-23-26/h1-5,7,11H,6,8-10H2,(H2,22,28). The first kappa shape index (κ1) is 18.2. The molecule has 1 atom stereocenters. The van der Waals surface area contributed by atoms with Crippen LogP contribution in [0.2, 0.25) is 0 Å². The van der Waals surface area contributed by atoms with Crippen molar-refractivity contribution in [3.05, 3.63) is 59.4 Å². The summed E-state index contributed by atoms with van der Waals surface area (Å²) >= 11 is 0. The summed E-state index contributed by atoms with van der Waals surface area (Å²) in [4.78, 5) is 15.8. The maximum absolute atomic E-state index is 12.9. The number of carbonyl (C=O) groups is 1. The van der Waals surface area contributed by atoms with Crippen LogP contribution in [0.1, 0.15) is 35.2 Å². The Hall–Kier alpha value is -3.17. The van der Waals surface area contributed by atoms with Crippen molar-refractivity contribution in [3.63, 3.8) is 0 Å². The van der Waals surface area contributed by atoms with Gasteiger partial charge in [-0.05, 0) is 43.2 Å². The molecule has 0 aliphatic carbocycles. The molecule has 28 heavy (non-hydrogen) atoms. The number of alkyl halides is 3. The zero-order valence-corrected chi connectivity index (χ0v) is 14.7. The van der Waals surface area contributed by atoms with Crippen molar-refractivity contribution >= 4 is 5.91 Å². The van der Waals surface area contributed by atoms with Gasteiger partial charge >= 0.3 is 6.18 Å². The molecule has 2 N–H and O–H groups in total. The van der Waals surface area contributed by atoms with E-state index in [0.29, 0.717) is 24.5 Å². The summed E-state index contributed by atoms with van der Waals surface area (Å²) in [6, 6.07) is 6.63. The third-order valence-corrected chi connectivity index (χ3v) is 4.76. The average molecular weight is 390 g/mol. The number of aryl methyl sites for hydroxylation is 1. The Morgan fingerprint density at radius 3 is 2.64 bits per heavy atom. The number of hydrogen-bond acceptors (Lipinski definition) is 4. The summed E-state index contributed by atoms with van der Waals surface area (Å²) in [5.74, 6) is 0.281. The van der Waals surface area contributed by atoms with Crippen LogP contribution in [0.5, 0.6) is 0 Å². The number of benzene rings is 1. The molecular weight excluding hydrogens is 373 g/mol. The van der Waals surface area contributed by atoms with Gasteiger partial charge in [-0.15, -0.1) is 0 Å². The van der Waals surface area contributed by atoms with Gasteiger partial charge in [-0.25, -0.2) is 9.67 Å². The molecule has 4 rings (SSSR count). The van der Waals surface area contributed by atoms with Gasteiger partial charge in [0, 0.05) is 24.4 Å². The van der Waals surface area contributed by atoms with Gasteiger partial charge in [0.25, 0.3) is 0 Å². The molecule has 0 radical (unpaired) electrons. The van der Waals surface area contributed by atoms with Crippen LogP contribution in [0.4, 0.5) is 13.2 Å². The quantitative estimate of drug-likeness (QED) is 0.740. The molecule has 0 saturated carbocycles. The molecule has 0 spiro atoms. The highest BCUT2D eigenvalue weighted by molar-refractivity contribution is 5.75. The summed E-state index contributed by atoms with van der Waals surface area (Å²) in [6.45, 7) is 0.706. The molecule has 1 aliphatic heterocycles. The predicted molar refractivity (Wildman–Crippen MR) is 92.5 cm³/mol. The van der Waals surface area contributed by atoms with Crippen molar-refractivity contribution in [3.8, 4) is 5.69 Å². The van der Waals surface area contributed by atoms with E-state index in [4.69, 9.17) is 5.73 Å². The van der Waals surface area contributed by atoms with Crippen molar-refractivity contribution in [2.24, 2.45) is 5.73 Å². The van der Waals surface area contributed by atoms with Gasteiger partial charge in [-0.1, -0.05) is 0 Å². The number of fused-ring (bicyclic) bond motifs is 1. The van der Waals surface area contributed by atoms with Crippen LogP contribution in [0.15, 0.2) is 36.5 Å². The Morgan fingerprint density at radius 2 is 1.96 bits per heavy atom. The number of primary amides is 1. The number of rotatable bonds is 4. The first-order valence-electron chi connectivity index (χ1n) is 8.74. The van der Waals surface area contributed by atoms with E-state index >= 15 is 0 Å². The fraction of sp³-hybridized carbons (Fsp3) is 0.333. The van der Waals surface area contributed by atoms with Crippen LogP contribution in [-0.2, 0) is 30.4 Å². The number of amides is 1. The van der Waals surface area contributed by atoms with Crippen molar-refractivity contribution in [2.45, 2.75) is 37.9 Å². The summed E-state index contributed by atoms with van der Waals surface area (Å²) in [7, 11) is 0. The van der Waals surface area contributed by atoms with Crippen molar-refractivity contribution in [2.75, 3.05) is 0 Å². The average Bonchev–Trinajstić information content (AvgIpc) is 3.26. The van der Waals surface area contributed by atoms with Gasteiger partial charge in [0.15, 0.2) is 5.82 Å². The normalized spacial score (nSPS) is 16.8. The van der Waals surface area contributed by atoms with Crippen LogP contribution in [0.3, 0.4) is 0 Å². The van der Waals surface area contributed by atoms with Crippen LogP contribution in [-0.4, -0.2) is 30.5 Å². The zero-order valence-electron chi connectivity index (χ0n) is 14.7. The van der Waals surface area contributed by atoms with Gasteiger partial charge in [-0.2, -0.15) is 23.4 Å². The first-order valence-corrected chi connectivity index (χ1v) is 8.74. The zero-order chi connectivity index (χ0) is 19.9. The third kappa shape index (κ3) is 3.49. The molecule has 0 saturated heterocycles. The molecule has 10 heteroatoms. The molecule has 0 fully saturated rings. The molecule has 1 amide bonds. The van der Waals surface area contributed by atoms with E-state index < -0.39 is 17.6 Å². The number of hydrogen-bond donors (Lipinski definition) is 1. The maximum Gasteiger partial charge on any atom is 0.416 e. The molecule has 7 nitrogen and oxygen atoms in total. The second-order valence-electron chi connectivity index (χ2n) is 6.72. The molecule has 2 aromatic heterocycles. The molecule has 0 bridgehead atoms. The summed E-state index contributed by atoms with van der Waals surface area (Å²) in [5.41, 5.74) is 6.01. The van der Waals surface area contributed by atoms with Crippen molar-refractivity contribution < 1.29 is 18.0 Å².